The molecule has 0 bridgehead atoms. The molecule has 3 nitrogen and oxygen atoms in total. The third kappa shape index (κ3) is 2.10. The van der Waals surface area contributed by atoms with Crippen molar-refractivity contribution in [3.63, 3.8) is 0 Å². The lowest BCUT2D eigenvalue weighted by Crippen LogP contribution is -2.59. The molecule has 1 heterocycles. The van der Waals surface area contributed by atoms with Gasteiger partial charge in [0.15, 0.2) is 0 Å². The van der Waals surface area contributed by atoms with E-state index < -0.39 is 0 Å². The maximum absolute atomic E-state index is 11.2. The van der Waals surface area contributed by atoms with Gasteiger partial charge in [-0.2, -0.15) is 11.8 Å². The molecule has 1 N–H and O–H groups in total. The van der Waals surface area contributed by atoms with Crippen LogP contribution in [0.2, 0.25) is 0 Å². The molecule has 0 spiro atoms. The largest absolute Gasteiger partial charge is 0.339 e. The van der Waals surface area contributed by atoms with Crippen LogP contribution in [-0.2, 0) is 4.79 Å². The predicted molar refractivity (Wildman–Crippen MR) is 47.8 cm³/mol. The number of likely N-dealkylation sites (tertiary alicyclic amines) is 1. The van der Waals surface area contributed by atoms with Gasteiger partial charge in [0.05, 0.1) is 5.75 Å². The minimum Gasteiger partial charge on any atom is -0.339 e. The maximum atomic E-state index is 11.2. The molecule has 11 heavy (non-hydrogen) atoms. The van der Waals surface area contributed by atoms with Gasteiger partial charge in [-0.05, 0) is 13.3 Å². The topological polar surface area (TPSA) is 32.3 Å². The number of nitrogens with one attached hydrogen (secondary N) is 1. The lowest BCUT2D eigenvalue weighted by atomic mass is 10.1. The summed E-state index contributed by atoms with van der Waals surface area (Å²) in [5, 5.41) is 3.13. The van der Waals surface area contributed by atoms with E-state index in [1.54, 1.807) is 11.8 Å². The van der Waals surface area contributed by atoms with E-state index >= 15 is 0 Å². The van der Waals surface area contributed by atoms with Crippen molar-refractivity contribution in [3.8, 4) is 0 Å². The van der Waals surface area contributed by atoms with Crippen LogP contribution in [0, 0.1) is 0 Å². The molecule has 4 heteroatoms. The van der Waals surface area contributed by atoms with Crippen LogP contribution in [0.5, 0.6) is 0 Å². The van der Waals surface area contributed by atoms with Gasteiger partial charge in [-0.15, -0.1) is 0 Å². The monoisotopic (exact) mass is 174 g/mol. The van der Waals surface area contributed by atoms with Crippen molar-refractivity contribution < 1.29 is 4.79 Å². The minimum atomic E-state index is 0.268. The SMILES string of the molecule is CNC1CN(C(=O)CSC)C1. The third-order valence-electron chi connectivity index (χ3n) is 1.91. The molecule has 1 rings (SSSR count). The first-order chi connectivity index (χ1) is 5.27. The number of nitrogens with zero attached hydrogens (tertiary/aromatic N) is 1. The van der Waals surface area contributed by atoms with Gasteiger partial charge in [0.1, 0.15) is 0 Å². The number of hydrogen-bond acceptors (Lipinski definition) is 3. The molecule has 1 fully saturated rings. The van der Waals surface area contributed by atoms with Crippen molar-refractivity contribution in [1.29, 1.82) is 0 Å². The summed E-state index contributed by atoms with van der Waals surface area (Å²) in [4.78, 5) is 13.1. The summed E-state index contributed by atoms with van der Waals surface area (Å²) >= 11 is 1.58. The average molecular weight is 174 g/mol. The molecule has 64 valence electrons. The zero-order valence-electron chi connectivity index (χ0n) is 6.96. The summed E-state index contributed by atoms with van der Waals surface area (Å²) in [6.45, 7) is 1.77. The van der Waals surface area contributed by atoms with Crippen LogP contribution in [0.4, 0.5) is 0 Å². The molecule has 1 aliphatic rings. The van der Waals surface area contributed by atoms with E-state index in [-0.39, 0.29) is 5.91 Å². The van der Waals surface area contributed by atoms with Gasteiger partial charge in [0, 0.05) is 19.1 Å². The fourth-order valence-electron chi connectivity index (χ4n) is 1.08. The van der Waals surface area contributed by atoms with Crippen molar-refractivity contribution in [1.82, 2.24) is 10.2 Å². The second-order valence-corrected chi connectivity index (χ2v) is 3.58. The zero-order chi connectivity index (χ0) is 8.27. The summed E-state index contributed by atoms with van der Waals surface area (Å²) in [7, 11) is 1.93. The van der Waals surface area contributed by atoms with Gasteiger partial charge in [-0.25, -0.2) is 0 Å². The maximum Gasteiger partial charge on any atom is 0.232 e. The number of thioether (sulfide) groups is 1. The molecule has 0 aliphatic carbocycles. The number of carbonyl (C=O) groups is 1. The quantitative estimate of drug-likeness (QED) is 0.642. The number of carbonyl (C=O) groups excluding carboxylic acids is 1. The van der Waals surface area contributed by atoms with Gasteiger partial charge in [0.2, 0.25) is 5.91 Å². The molecule has 1 saturated heterocycles. The first kappa shape index (κ1) is 8.87. The first-order valence-electron chi connectivity index (χ1n) is 3.72. The Labute approximate surface area is 71.5 Å². The molecule has 0 atom stereocenters. The normalized spacial score (nSPS) is 18.2. The summed E-state index contributed by atoms with van der Waals surface area (Å²) in [5.41, 5.74) is 0. The Morgan fingerprint density at radius 2 is 2.36 bits per heavy atom. The van der Waals surface area contributed by atoms with E-state index in [9.17, 15) is 4.79 Å². The van der Waals surface area contributed by atoms with Gasteiger partial charge in [-0.3, -0.25) is 4.79 Å². The van der Waals surface area contributed by atoms with Gasteiger partial charge in [-0.1, -0.05) is 0 Å². The second-order valence-electron chi connectivity index (χ2n) is 2.72. The van der Waals surface area contributed by atoms with Crippen molar-refractivity contribution in [3.05, 3.63) is 0 Å². The fraction of sp³-hybridized carbons (Fsp3) is 0.857. The molecule has 0 aromatic rings. The Balaban J connectivity index is 2.16. The van der Waals surface area contributed by atoms with Crippen LogP contribution in [0.3, 0.4) is 0 Å². The van der Waals surface area contributed by atoms with Crippen LogP contribution in [-0.4, -0.2) is 49.0 Å². The molecule has 1 aliphatic heterocycles. The predicted octanol–water partition coefficient (Wildman–Crippen LogP) is -0.220. The Morgan fingerprint density at radius 3 is 2.82 bits per heavy atom. The highest BCUT2D eigenvalue weighted by molar-refractivity contribution is 7.99. The highest BCUT2D eigenvalue weighted by atomic mass is 32.2. The van der Waals surface area contributed by atoms with E-state index in [0.717, 1.165) is 13.1 Å². The number of rotatable bonds is 3. The van der Waals surface area contributed by atoms with Crippen molar-refractivity contribution in [2.24, 2.45) is 0 Å². The highest BCUT2D eigenvalue weighted by Crippen LogP contribution is 2.09. The van der Waals surface area contributed by atoms with Gasteiger partial charge < -0.3 is 10.2 Å². The van der Waals surface area contributed by atoms with Crippen LogP contribution < -0.4 is 5.32 Å². The third-order valence-corrected chi connectivity index (χ3v) is 2.45. The second kappa shape index (κ2) is 3.97. The van der Waals surface area contributed by atoms with Crippen LogP contribution >= 0.6 is 11.8 Å². The molecule has 0 saturated carbocycles. The summed E-state index contributed by atoms with van der Waals surface area (Å²) in [6, 6.07) is 0.529. The molecule has 0 radical (unpaired) electrons. The zero-order valence-corrected chi connectivity index (χ0v) is 7.78. The van der Waals surface area contributed by atoms with Crippen molar-refractivity contribution >= 4 is 17.7 Å². The summed E-state index contributed by atoms with van der Waals surface area (Å²) < 4.78 is 0. The highest BCUT2D eigenvalue weighted by Gasteiger charge is 2.28. The van der Waals surface area contributed by atoms with E-state index in [4.69, 9.17) is 0 Å². The van der Waals surface area contributed by atoms with E-state index in [1.807, 2.05) is 18.2 Å². The summed E-state index contributed by atoms with van der Waals surface area (Å²) in [5.74, 6) is 0.889. The van der Waals surface area contributed by atoms with Crippen LogP contribution in [0.15, 0.2) is 0 Å². The lowest BCUT2D eigenvalue weighted by molar-refractivity contribution is -0.132. The van der Waals surface area contributed by atoms with Crippen LogP contribution in [0.1, 0.15) is 0 Å². The Bertz CT molecular complexity index is 145. The number of amides is 1. The number of likely N-dealkylation sites (N-methyl/N-ethyl adjacent to an activating group) is 1. The molecular weight excluding hydrogens is 160 g/mol. The van der Waals surface area contributed by atoms with Crippen LogP contribution in [0.25, 0.3) is 0 Å². The minimum absolute atomic E-state index is 0.268. The van der Waals surface area contributed by atoms with Gasteiger partial charge in [0.25, 0.3) is 0 Å². The van der Waals surface area contributed by atoms with Gasteiger partial charge >= 0.3 is 0 Å². The van der Waals surface area contributed by atoms with E-state index in [2.05, 4.69) is 5.32 Å². The lowest BCUT2D eigenvalue weighted by Gasteiger charge is -2.38. The smallest absolute Gasteiger partial charge is 0.232 e. The van der Waals surface area contributed by atoms with E-state index in [0.29, 0.717) is 11.8 Å². The molecule has 0 unspecified atom stereocenters. The molecular formula is C7H14N2OS. The molecule has 1 amide bonds. The summed E-state index contributed by atoms with van der Waals surface area (Å²) in [6.07, 6.45) is 1.95. The number of hydrogen-bond donors (Lipinski definition) is 1. The standard InChI is InChI=1S/C7H14N2OS/c1-8-6-3-9(4-6)7(10)5-11-2/h6,8H,3-5H2,1-2H3. The Hall–Kier alpha value is -0.220. The average Bonchev–Trinajstić information content (AvgIpc) is 1.86. The van der Waals surface area contributed by atoms with Crippen molar-refractivity contribution in [2.75, 3.05) is 32.1 Å². The molecule has 0 aromatic carbocycles. The van der Waals surface area contributed by atoms with Crippen molar-refractivity contribution in [2.45, 2.75) is 6.04 Å². The first-order valence-corrected chi connectivity index (χ1v) is 5.11. The Kier molecular flexibility index (Phi) is 3.20. The Morgan fingerprint density at radius 1 is 1.73 bits per heavy atom. The fourth-order valence-corrected chi connectivity index (χ4v) is 1.51. The molecule has 0 aromatic heterocycles. The van der Waals surface area contributed by atoms with E-state index in [1.165, 1.54) is 0 Å².